The van der Waals surface area contributed by atoms with E-state index in [1.54, 1.807) is 0 Å². The summed E-state index contributed by atoms with van der Waals surface area (Å²) >= 11 is 5.85. The number of hydrogen-bond acceptors (Lipinski definition) is 2. The lowest BCUT2D eigenvalue weighted by molar-refractivity contribution is -0.138. The number of carboxylic acid groups (broad SMARTS) is 1. The van der Waals surface area contributed by atoms with Crippen molar-refractivity contribution >= 4 is 23.3 Å². The highest BCUT2D eigenvalue weighted by atomic mass is 35.5. The molecule has 3 nitrogen and oxygen atoms in total. The predicted molar refractivity (Wildman–Crippen MR) is 59.2 cm³/mol. The van der Waals surface area contributed by atoms with Gasteiger partial charge in [-0.1, -0.05) is 11.6 Å². The molecule has 1 aromatic rings. The summed E-state index contributed by atoms with van der Waals surface area (Å²) < 4.78 is 13.0. The molecule has 0 amide bonds. The Morgan fingerprint density at radius 1 is 1.56 bits per heavy atom. The van der Waals surface area contributed by atoms with E-state index in [0.717, 1.165) is 12.8 Å². The molecule has 16 heavy (non-hydrogen) atoms. The number of halogens is 2. The lowest BCUT2D eigenvalue weighted by Crippen LogP contribution is -2.31. The van der Waals surface area contributed by atoms with Gasteiger partial charge in [-0.25, -0.2) is 9.18 Å². The molecule has 0 saturated heterocycles. The quantitative estimate of drug-likeness (QED) is 0.855. The van der Waals surface area contributed by atoms with Crippen LogP contribution in [0.2, 0.25) is 5.02 Å². The minimum absolute atomic E-state index is 0.122. The standard InChI is InChI=1S/C11H11ClFNO2/c12-8-4-3-7(13)5-9(8)14-10(11(15)16)6-1-2-6/h3-6,10,14H,1-2H2,(H,15,16). The molecule has 5 heteroatoms. The van der Waals surface area contributed by atoms with Gasteiger partial charge in [-0.2, -0.15) is 0 Å². The first-order valence-electron chi connectivity index (χ1n) is 5.02. The second-order valence-electron chi connectivity index (χ2n) is 3.92. The highest BCUT2D eigenvalue weighted by Crippen LogP contribution is 2.35. The summed E-state index contributed by atoms with van der Waals surface area (Å²) in [6.45, 7) is 0. The van der Waals surface area contributed by atoms with E-state index >= 15 is 0 Å². The molecule has 0 aliphatic heterocycles. The molecule has 1 fully saturated rings. The number of rotatable bonds is 4. The van der Waals surface area contributed by atoms with Crippen molar-refractivity contribution in [3.8, 4) is 0 Å². The van der Waals surface area contributed by atoms with Crippen LogP contribution in [-0.4, -0.2) is 17.1 Å². The topological polar surface area (TPSA) is 49.3 Å². The first-order chi connectivity index (χ1) is 7.58. The fraction of sp³-hybridized carbons (Fsp3) is 0.364. The Hall–Kier alpha value is -1.29. The van der Waals surface area contributed by atoms with Crippen molar-refractivity contribution in [3.63, 3.8) is 0 Å². The number of carbonyl (C=O) groups is 1. The van der Waals surface area contributed by atoms with Gasteiger partial charge in [0.1, 0.15) is 11.9 Å². The van der Waals surface area contributed by atoms with Gasteiger partial charge in [0, 0.05) is 0 Å². The molecule has 2 rings (SSSR count). The van der Waals surface area contributed by atoms with Crippen LogP contribution in [0.4, 0.5) is 10.1 Å². The molecule has 0 radical (unpaired) electrons. The summed E-state index contributed by atoms with van der Waals surface area (Å²) in [6.07, 6.45) is 1.77. The third-order valence-electron chi connectivity index (χ3n) is 2.60. The van der Waals surface area contributed by atoms with E-state index in [1.807, 2.05) is 0 Å². The zero-order chi connectivity index (χ0) is 11.7. The summed E-state index contributed by atoms with van der Waals surface area (Å²) in [4.78, 5) is 11.0. The Morgan fingerprint density at radius 2 is 2.25 bits per heavy atom. The number of carboxylic acids is 1. The molecule has 1 saturated carbocycles. The van der Waals surface area contributed by atoms with Gasteiger partial charge in [-0.3, -0.25) is 0 Å². The maximum absolute atomic E-state index is 13.0. The first-order valence-corrected chi connectivity index (χ1v) is 5.40. The summed E-state index contributed by atoms with van der Waals surface area (Å²) in [7, 11) is 0. The van der Waals surface area contributed by atoms with Gasteiger partial charge in [0.25, 0.3) is 0 Å². The highest BCUT2D eigenvalue weighted by Gasteiger charge is 2.36. The first kappa shape index (κ1) is 11.2. The lowest BCUT2D eigenvalue weighted by atomic mass is 10.1. The van der Waals surface area contributed by atoms with Crippen LogP contribution in [0, 0.1) is 11.7 Å². The van der Waals surface area contributed by atoms with E-state index in [4.69, 9.17) is 16.7 Å². The maximum Gasteiger partial charge on any atom is 0.326 e. The molecular formula is C11H11ClFNO2. The smallest absolute Gasteiger partial charge is 0.326 e. The van der Waals surface area contributed by atoms with Crippen LogP contribution < -0.4 is 5.32 Å². The molecule has 1 aromatic carbocycles. The van der Waals surface area contributed by atoms with Gasteiger partial charge in [-0.15, -0.1) is 0 Å². The van der Waals surface area contributed by atoms with Crippen LogP contribution in [-0.2, 0) is 4.79 Å². The van der Waals surface area contributed by atoms with E-state index in [0.29, 0.717) is 10.7 Å². The Balaban J connectivity index is 2.17. The fourth-order valence-corrected chi connectivity index (χ4v) is 1.76. The zero-order valence-corrected chi connectivity index (χ0v) is 9.17. The summed E-state index contributed by atoms with van der Waals surface area (Å²) in [5.41, 5.74) is 0.334. The van der Waals surface area contributed by atoms with Gasteiger partial charge >= 0.3 is 5.97 Å². The van der Waals surface area contributed by atoms with Gasteiger partial charge in [0.15, 0.2) is 0 Å². The Bertz CT molecular complexity index is 420. The van der Waals surface area contributed by atoms with E-state index in [-0.39, 0.29) is 5.92 Å². The number of anilines is 1. The molecule has 0 aromatic heterocycles. The van der Waals surface area contributed by atoms with Crippen LogP contribution in [0.25, 0.3) is 0 Å². The second-order valence-corrected chi connectivity index (χ2v) is 4.33. The number of nitrogens with one attached hydrogen (secondary N) is 1. The molecule has 1 atom stereocenters. The molecule has 0 spiro atoms. The molecular weight excluding hydrogens is 233 g/mol. The Morgan fingerprint density at radius 3 is 2.81 bits per heavy atom. The predicted octanol–water partition coefficient (Wildman–Crippen LogP) is 2.75. The lowest BCUT2D eigenvalue weighted by Gasteiger charge is -2.15. The van der Waals surface area contributed by atoms with Crippen LogP contribution in [0.15, 0.2) is 18.2 Å². The van der Waals surface area contributed by atoms with E-state index < -0.39 is 17.8 Å². The van der Waals surface area contributed by atoms with Crippen molar-refractivity contribution in [3.05, 3.63) is 29.0 Å². The van der Waals surface area contributed by atoms with E-state index in [9.17, 15) is 9.18 Å². The minimum Gasteiger partial charge on any atom is -0.480 e. The molecule has 0 heterocycles. The molecule has 1 aliphatic carbocycles. The van der Waals surface area contributed by atoms with Crippen LogP contribution in [0.5, 0.6) is 0 Å². The van der Waals surface area contributed by atoms with Crippen molar-refractivity contribution in [2.75, 3.05) is 5.32 Å². The van der Waals surface area contributed by atoms with Gasteiger partial charge < -0.3 is 10.4 Å². The second kappa shape index (κ2) is 4.29. The number of benzene rings is 1. The van der Waals surface area contributed by atoms with Crippen molar-refractivity contribution in [1.82, 2.24) is 0 Å². The summed E-state index contributed by atoms with van der Waals surface area (Å²) in [5.74, 6) is -1.24. The van der Waals surface area contributed by atoms with Crippen molar-refractivity contribution in [2.24, 2.45) is 5.92 Å². The zero-order valence-electron chi connectivity index (χ0n) is 8.41. The average molecular weight is 244 g/mol. The molecule has 1 unspecified atom stereocenters. The van der Waals surface area contributed by atoms with E-state index in [2.05, 4.69) is 5.32 Å². The van der Waals surface area contributed by atoms with Crippen LogP contribution >= 0.6 is 11.6 Å². The third-order valence-corrected chi connectivity index (χ3v) is 2.93. The molecule has 2 N–H and O–H groups in total. The number of hydrogen-bond donors (Lipinski definition) is 2. The SMILES string of the molecule is O=C(O)C(Nc1cc(F)ccc1Cl)C1CC1. The highest BCUT2D eigenvalue weighted by molar-refractivity contribution is 6.33. The Kier molecular flexibility index (Phi) is 3.01. The van der Waals surface area contributed by atoms with Crippen LogP contribution in [0.3, 0.4) is 0 Å². The van der Waals surface area contributed by atoms with Crippen molar-refractivity contribution < 1.29 is 14.3 Å². The summed E-state index contributed by atoms with van der Waals surface area (Å²) in [5, 5.41) is 12.1. The van der Waals surface area contributed by atoms with Crippen molar-refractivity contribution in [1.29, 1.82) is 0 Å². The maximum atomic E-state index is 13.0. The monoisotopic (exact) mass is 243 g/mol. The average Bonchev–Trinajstić information content (AvgIpc) is 3.02. The van der Waals surface area contributed by atoms with Gasteiger partial charge in [0.05, 0.1) is 10.7 Å². The van der Waals surface area contributed by atoms with Gasteiger partial charge in [0.2, 0.25) is 0 Å². The fourth-order valence-electron chi connectivity index (χ4n) is 1.59. The Labute approximate surface area is 97.2 Å². The minimum atomic E-state index is -0.928. The van der Waals surface area contributed by atoms with Gasteiger partial charge in [-0.05, 0) is 37.0 Å². The van der Waals surface area contributed by atoms with Crippen LogP contribution in [0.1, 0.15) is 12.8 Å². The normalized spacial score (nSPS) is 16.9. The summed E-state index contributed by atoms with van der Waals surface area (Å²) in [6, 6.07) is 3.17. The molecule has 0 bridgehead atoms. The van der Waals surface area contributed by atoms with Crippen molar-refractivity contribution in [2.45, 2.75) is 18.9 Å². The number of aliphatic carboxylic acids is 1. The molecule has 86 valence electrons. The largest absolute Gasteiger partial charge is 0.480 e. The van der Waals surface area contributed by atoms with E-state index in [1.165, 1.54) is 18.2 Å². The third kappa shape index (κ3) is 2.44. The molecule has 1 aliphatic rings.